The van der Waals surface area contributed by atoms with Gasteiger partial charge in [0.15, 0.2) is 0 Å². The molecule has 0 radical (unpaired) electrons. The van der Waals surface area contributed by atoms with Crippen molar-refractivity contribution in [3.05, 3.63) is 0 Å². The molecule has 1 aliphatic carbocycles. The first kappa shape index (κ1) is 15.8. The van der Waals surface area contributed by atoms with Gasteiger partial charge in [-0.2, -0.15) is 15.0 Å². The van der Waals surface area contributed by atoms with E-state index in [4.69, 9.17) is 4.74 Å². The van der Waals surface area contributed by atoms with Crippen LogP contribution in [0.25, 0.3) is 0 Å². The molecule has 7 nitrogen and oxygen atoms in total. The topological polar surface area (TPSA) is 75.2 Å². The molecule has 0 aromatic carbocycles. The van der Waals surface area contributed by atoms with Gasteiger partial charge in [-0.15, -0.1) is 0 Å². The summed E-state index contributed by atoms with van der Waals surface area (Å²) in [6, 6.07) is 0.302. The Hall–Kier alpha value is -1.63. The minimum Gasteiger partial charge on any atom is -0.378 e. The molecule has 1 aromatic rings. The van der Waals surface area contributed by atoms with Crippen LogP contribution < -0.4 is 15.5 Å². The van der Waals surface area contributed by atoms with E-state index in [0.29, 0.717) is 30.0 Å². The molecule has 2 unspecified atom stereocenters. The molecule has 0 spiro atoms. The summed E-state index contributed by atoms with van der Waals surface area (Å²) in [5, 5.41) is 6.39. The summed E-state index contributed by atoms with van der Waals surface area (Å²) < 4.78 is 5.75. The number of anilines is 3. The lowest BCUT2D eigenvalue weighted by molar-refractivity contribution is -0.0977. The average molecular weight is 294 g/mol. The minimum atomic E-state index is 0.0702. The lowest BCUT2D eigenvalue weighted by Crippen LogP contribution is -2.58. The first-order valence-electron chi connectivity index (χ1n) is 7.37. The number of hydrogen-bond donors (Lipinski definition) is 2. The predicted molar refractivity (Wildman–Crippen MR) is 84.9 cm³/mol. The highest BCUT2D eigenvalue weighted by Gasteiger charge is 2.49. The molecule has 1 heterocycles. The molecule has 0 amide bonds. The van der Waals surface area contributed by atoms with E-state index in [9.17, 15) is 0 Å². The molecule has 1 aromatic heterocycles. The number of ether oxygens (including phenoxy) is 1. The van der Waals surface area contributed by atoms with Crippen LogP contribution in [0.2, 0.25) is 0 Å². The molecule has 2 atom stereocenters. The standard InChI is InChI=1S/C14H26N6O/c1-7-21-10-8-9(14(10,2)3)16-12-17-11(15-4)18-13(19-12)20(5)6/h9-10H,7-8H2,1-6H3,(H2,15,16,17,18,19). The van der Waals surface area contributed by atoms with Gasteiger partial charge < -0.3 is 20.3 Å². The van der Waals surface area contributed by atoms with Crippen LogP contribution in [0, 0.1) is 5.41 Å². The molecule has 21 heavy (non-hydrogen) atoms. The average Bonchev–Trinajstić information content (AvgIpc) is 2.45. The SMILES string of the molecule is CCOC1CC(Nc2nc(NC)nc(N(C)C)n2)C1(C)C. The van der Waals surface area contributed by atoms with Crippen molar-refractivity contribution >= 4 is 17.8 Å². The molecule has 1 fully saturated rings. The van der Waals surface area contributed by atoms with Crippen LogP contribution in [0.4, 0.5) is 17.8 Å². The maximum atomic E-state index is 5.75. The normalized spacial score (nSPS) is 23.3. The van der Waals surface area contributed by atoms with E-state index in [1.807, 2.05) is 25.9 Å². The van der Waals surface area contributed by atoms with Gasteiger partial charge in [0.2, 0.25) is 17.8 Å². The summed E-state index contributed by atoms with van der Waals surface area (Å²) >= 11 is 0. The second-order valence-corrected chi connectivity index (χ2v) is 6.13. The molecule has 2 rings (SSSR count). The Morgan fingerprint density at radius 2 is 1.90 bits per heavy atom. The van der Waals surface area contributed by atoms with Crippen LogP contribution in [0.5, 0.6) is 0 Å². The second-order valence-electron chi connectivity index (χ2n) is 6.13. The van der Waals surface area contributed by atoms with E-state index in [1.165, 1.54) is 0 Å². The highest BCUT2D eigenvalue weighted by atomic mass is 16.5. The van der Waals surface area contributed by atoms with Gasteiger partial charge in [0.25, 0.3) is 0 Å². The Kier molecular flexibility index (Phi) is 4.51. The molecular weight excluding hydrogens is 268 g/mol. The van der Waals surface area contributed by atoms with Gasteiger partial charge >= 0.3 is 0 Å². The molecule has 2 N–H and O–H groups in total. The summed E-state index contributed by atoms with van der Waals surface area (Å²) in [7, 11) is 5.63. The first-order valence-corrected chi connectivity index (χ1v) is 7.37. The Morgan fingerprint density at radius 1 is 1.24 bits per heavy atom. The molecule has 7 heteroatoms. The van der Waals surface area contributed by atoms with Gasteiger partial charge in [0.05, 0.1) is 6.10 Å². The van der Waals surface area contributed by atoms with Crippen molar-refractivity contribution in [2.75, 3.05) is 43.3 Å². The fourth-order valence-electron chi connectivity index (χ4n) is 2.51. The van der Waals surface area contributed by atoms with E-state index in [0.717, 1.165) is 13.0 Å². The number of aromatic nitrogens is 3. The number of hydrogen-bond acceptors (Lipinski definition) is 7. The van der Waals surface area contributed by atoms with Crippen molar-refractivity contribution in [1.82, 2.24) is 15.0 Å². The molecule has 0 saturated heterocycles. The molecule has 1 saturated carbocycles. The van der Waals surface area contributed by atoms with Crippen LogP contribution in [0.3, 0.4) is 0 Å². The van der Waals surface area contributed by atoms with Gasteiger partial charge in [-0.25, -0.2) is 0 Å². The number of nitrogens with zero attached hydrogens (tertiary/aromatic N) is 4. The van der Waals surface area contributed by atoms with E-state index in [2.05, 4.69) is 39.4 Å². The highest BCUT2D eigenvalue weighted by Crippen LogP contribution is 2.44. The summed E-state index contributed by atoms with van der Waals surface area (Å²) in [6.07, 6.45) is 1.26. The van der Waals surface area contributed by atoms with E-state index in [1.54, 1.807) is 7.05 Å². The van der Waals surface area contributed by atoms with Crippen molar-refractivity contribution in [2.45, 2.75) is 39.3 Å². The fraction of sp³-hybridized carbons (Fsp3) is 0.786. The quantitative estimate of drug-likeness (QED) is 0.825. The summed E-state index contributed by atoms with van der Waals surface area (Å²) in [5.74, 6) is 1.80. The maximum Gasteiger partial charge on any atom is 0.231 e. The second kappa shape index (κ2) is 6.01. The zero-order chi connectivity index (χ0) is 15.6. The van der Waals surface area contributed by atoms with Gasteiger partial charge in [-0.1, -0.05) is 13.8 Å². The summed E-state index contributed by atoms with van der Waals surface area (Å²) in [4.78, 5) is 15.0. The van der Waals surface area contributed by atoms with Gasteiger partial charge in [-0.3, -0.25) is 0 Å². The smallest absolute Gasteiger partial charge is 0.231 e. The van der Waals surface area contributed by atoms with Crippen LogP contribution in [0.1, 0.15) is 27.2 Å². The third-order valence-electron chi connectivity index (χ3n) is 4.10. The van der Waals surface area contributed by atoms with Crippen molar-refractivity contribution in [3.8, 4) is 0 Å². The Balaban J connectivity index is 2.12. The molecule has 1 aliphatic rings. The zero-order valence-electron chi connectivity index (χ0n) is 13.8. The zero-order valence-corrected chi connectivity index (χ0v) is 13.8. The monoisotopic (exact) mass is 294 g/mol. The largest absolute Gasteiger partial charge is 0.378 e. The predicted octanol–water partition coefficient (Wildman–Crippen LogP) is 1.59. The van der Waals surface area contributed by atoms with Crippen LogP contribution in [0.15, 0.2) is 0 Å². The van der Waals surface area contributed by atoms with E-state index in [-0.39, 0.29) is 5.41 Å². The van der Waals surface area contributed by atoms with E-state index < -0.39 is 0 Å². The summed E-state index contributed by atoms with van der Waals surface area (Å²) in [5.41, 5.74) is 0.0702. The molecule has 118 valence electrons. The maximum absolute atomic E-state index is 5.75. The van der Waals surface area contributed by atoms with Crippen LogP contribution in [-0.2, 0) is 4.74 Å². The van der Waals surface area contributed by atoms with Gasteiger partial charge in [0, 0.05) is 39.2 Å². The number of nitrogens with one attached hydrogen (secondary N) is 2. The lowest BCUT2D eigenvalue weighted by Gasteiger charge is -2.51. The van der Waals surface area contributed by atoms with Gasteiger partial charge in [-0.05, 0) is 13.3 Å². The number of rotatable bonds is 6. The minimum absolute atomic E-state index is 0.0702. The molecule has 0 bridgehead atoms. The van der Waals surface area contributed by atoms with Crippen molar-refractivity contribution < 1.29 is 4.74 Å². The Bertz CT molecular complexity index is 490. The van der Waals surface area contributed by atoms with Gasteiger partial charge in [0.1, 0.15) is 0 Å². The Morgan fingerprint density at radius 3 is 2.43 bits per heavy atom. The highest BCUT2D eigenvalue weighted by molar-refractivity contribution is 5.43. The third kappa shape index (κ3) is 3.18. The molecule has 0 aliphatic heterocycles. The van der Waals surface area contributed by atoms with E-state index >= 15 is 0 Å². The van der Waals surface area contributed by atoms with Crippen LogP contribution in [-0.4, -0.2) is 54.8 Å². The van der Waals surface area contributed by atoms with Crippen molar-refractivity contribution in [2.24, 2.45) is 5.41 Å². The first-order chi connectivity index (χ1) is 9.88. The van der Waals surface area contributed by atoms with Crippen molar-refractivity contribution in [1.29, 1.82) is 0 Å². The lowest BCUT2D eigenvalue weighted by atomic mass is 9.64. The Labute approximate surface area is 126 Å². The van der Waals surface area contributed by atoms with Crippen molar-refractivity contribution in [3.63, 3.8) is 0 Å². The summed E-state index contributed by atoms with van der Waals surface area (Å²) in [6.45, 7) is 7.20. The fourth-order valence-corrected chi connectivity index (χ4v) is 2.51. The third-order valence-corrected chi connectivity index (χ3v) is 4.10. The molecular formula is C14H26N6O. The van der Waals surface area contributed by atoms with Crippen LogP contribution >= 0.6 is 0 Å².